The molecule has 34 heavy (non-hydrogen) atoms. The highest BCUT2D eigenvalue weighted by molar-refractivity contribution is 7.89. The third-order valence-corrected chi connectivity index (χ3v) is 7.81. The van der Waals surface area contributed by atoms with Crippen LogP contribution in [0.1, 0.15) is 41.2 Å². The summed E-state index contributed by atoms with van der Waals surface area (Å²) in [4.78, 5) is 17.0. The highest BCUT2D eigenvalue weighted by atomic mass is 32.2. The Bertz CT molecular complexity index is 1250. The van der Waals surface area contributed by atoms with Crippen molar-refractivity contribution < 1.29 is 22.7 Å². The van der Waals surface area contributed by atoms with Crippen molar-refractivity contribution in [1.29, 1.82) is 0 Å². The van der Waals surface area contributed by atoms with Crippen LogP contribution < -0.4 is 14.8 Å². The maximum atomic E-state index is 13.4. The van der Waals surface area contributed by atoms with Crippen molar-refractivity contribution in [2.45, 2.75) is 30.2 Å². The molecule has 2 aromatic carbocycles. The van der Waals surface area contributed by atoms with Gasteiger partial charge in [-0.05, 0) is 66.9 Å². The molecule has 1 atom stereocenters. The van der Waals surface area contributed by atoms with E-state index >= 15 is 0 Å². The number of hydrogen-bond donors (Lipinski definition) is 1. The third kappa shape index (κ3) is 4.90. The van der Waals surface area contributed by atoms with Crippen LogP contribution in [-0.4, -0.2) is 44.4 Å². The highest BCUT2D eigenvalue weighted by Crippen LogP contribution is 2.35. The largest absolute Gasteiger partial charge is 0.493 e. The van der Waals surface area contributed by atoms with Crippen molar-refractivity contribution in [2.24, 2.45) is 0 Å². The second-order valence-corrected chi connectivity index (χ2v) is 9.85. The molecule has 0 spiro atoms. The van der Waals surface area contributed by atoms with E-state index in [1.165, 1.54) is 26.4 Å². The molecular weight excluding hydrogens is 454 g/mol. The lowest BCUT2D eigenvalue weighted by atomic mass is 9.99. The molecule has 0 saturated carbocycles. The Morgan fingerprint density at radius 3 is 2.47 bits per heavy atom. The van der Waals surface area contributed by atoms with E-state index in [9.17, 15) is 13.2 Å². The molecule has 3 aromatic rings. The number of ether oxygens (including phenoxy) is 2. The molecule has 1 N–H and O–H groups in total. The minimum absolute atomic E-state index is 0.187. The SMILES string of the molecule is COc1ccc(C(=O)Nc2ccc(S(=O)(=O)N3CCCC[C@H]3c3cccnc3)cc2)cc1OC. The smallest absolute Gasteiger partial charge is 0.255 e. The lowest BCUT2D eigenvalue weighted by molar-refractivity contribution is 0.102. The number of anilines is 1. The summed E-state index contributed by atoms with van der Waals surface area (Å²) in [5, 5.41) is 2.79. The van der Waals surface area contributed by atoms with Gasteiger partial charge in [0.05, 0.1) is 25.2 Å². The van der Waals surface area contributed by atoms with Crippen LogP contribution >= 0.6 is 0 Å². The predicted molar refractivity (Wildman–Crippen MR) is 129 cm³/mol. The number of carbonyl (C=O) groups is 1. The van der Waals surface area contributed by atoms with Crippen molar-refractivity contribution in [3.8, 4) is 11.5 Å². The van der Waals surface area contributed by atoms with Gasteiger partial charge in [0.25, 0.3) is 5.91 Å². The molecule has 0 unspecified atom stereocenters. The van der Waals surface area contributed by atoms with Crippen LogP contribution in [-0.2, 0) is 10.0 Å². The average molecular weight is 482 g/mol. The molecule has 0 radical (unpaired) electrons. The monoisotopic (exact) mass is 481 g/mol. The number of aromatic nitrogens is 1. The molecule has 8 nitrogen and oxygen atoms in total. The van der Waals surface area contributed by atoms with E-state index in [1.807, 2.05) is 12.1 Å². The summed E-state index contributed by atoms with van der Waals surface area (Å²) in [5.74, 6) is 0.626. The maximum Gasteiger partial charge on any atom is 0.255 e. The lowest BCUT2D eigenvalue weighted by Gasteiger charge is -2.34. The van der Waals surface area contributed by atoms with E-state index in [4.69, 9.17) is 9.47 Å². The van der Waals surface area contributed by atoms with Gasteiger partial charge < -0.3 is 14.8 Å². The Labute approximate surface area is 199 Å². The molecule has 1 fully saturated rings. The summed E-state index contributed by atoms with van der Waals surface area (Å²) in [6.07, 6.45) is 5.94. The number of nitrogens with one attached hydrogen (secondary N) is 1. The zero-order chi connectivity index (χ0) is 24.1. The topological polar surface area (TPSA) is 97.8 Å². The zero-order valence-corrected chi connectivity index (χ0v) is 19.9. The number of carbonyl (C=O) groups excluding carboxylic acids is 1. The van der Waals surface area contributed by atoms with Gasteiger partial charge in [0, 0.05) is 30.2 Å². The number of methoxy groups -OCH3 is 2. The molecule has 1 saturated heterocycles. The number of rotatable bonds is 7. The number of piperidine rings is 1. The molecule has 1 aliphatic heterocycles. The number of pyridine rings is 1. The van der Waals surface area contributed by atoms with Crippen LogP contribution in [0.3, 0.4) is 0 Å². The van der Waals surface area contributed by atoms with Crippen molar-refractivity contribution in [3.63, 3.8) is 0 Å². The van der Waals surface area contributed by atoms with Gasteiger partial charge >= 0.3 is 0 Å². The fourth-order valence-corrected chi connectivity index (χ4v) is 5.81. The summed E-state index contributed by atoms with van der Waals surface area (Å²) in [7, 11) is -0.687. The number of amides is 1. The van der Waals surface area contributed by atoms with E-state index in [-0.39, 0.29) is 16.8 Å². The van der Waals surface area contributed by atoms with Crippen LogP contribution in [0, 0.1) is 0 Å². The van der Waals surface area contributed by atoms with Gasteiger partial charge in [-0.1, -0.05) is 12.5 Å². The molecule has 9 heteroatoms. The lowest BCUT2D eigenvalue weighted by Crippen LogP contribution is -2.38. The second kappa shape index (κ2) is 10.2. The Balaban J connectivity index is 1.52. The van der Waals surface area contributed by atoms with Gasteiger partial charge in [-0.25, -0.2) is 8.42 Å². The van der Waals surface area contributed by atoms with Gasteiger partial charge in [-0.3, -0.25) is 9.78 Å². The normalized spacial score (nSPS) is 16.6. The molecule has 4 rings (SSSR count). The molecule has 1 amide bonds. The first-order valence-corrected chi connectivity index (χ1v) is 12.4. The minimum atomic E-state index is -3.71. The summed E-state index contributed by atoms with van der Waals surface area (Å²) in [6.45, 7) is 0.458. The van der Waals surface area contributed by atoms with Crippen molar-refractivity contribution in [1.82, 2.24) is 9.29 Å². The molecule has 1 aromatic heterocycles. The van der Waals surface area contributed by atoms with Crippen LogP contribution in [0.5, 0.6) is 11.5 Å². The third-order valence-electron chi connectivity index (χ3n) is 5.89. The standard InChI is InChI=1S/C25H27N3O5S/c1-32-23-13-8-18(16-24(23)33-2)25(29)27-20-9-11-21(12-10-20)34(30,31)28-15-4-3-7-22(28)19-6-5-14-26-17-19/h5-6,8-14,16-17,22H,3-4,7,15H2,1-2H3,(H,27,29)/t22-/m0/s1. The number of hydrogen-bond acceptors (Lipinski definition) is 6. The first-order valence-electron chi connectivity index (χ1n) is 11.0. The first kappa shape index (κ1) is 23.7. The quantitative estimate of drug-likeness (QED) is 0.541. The highest BCUT2D eigenvalue weighted by Gasteiger charge is 2.34. The molecule has 0 bridgehead atoms. The summed E-state index contributed by atoms with van der Waals surface area (Å²) in [6, 6.07) is 14.6. The van der Waals surface area contributed by atoms with Crippen LogP contribution in [0.15, 0.2) is 71.9 Å². The summed E-state index contributed by atoms with van der Waals surface area (Å²) in [5.41, 5.74) is 1.77. The molecule has 2 heterocycles. The Morgan fingerprint density at radius 2 is 1.79 bits per heavy atom. The number of benzene rings is 2. The predicted octanol–water partition coefficient (Wildman–Crippen LogP) is 4.27. The molecular formula is C25H27N3O5S. The van der Waals surface area contributed by atoms with Crippen LogP contribution in [0.4, 0.5) is 5.69 Å². The van der Waals surface area contributed by atoms with Gasteiger partial charge in [-0.2, -0.15) is 4.31 Å². The maximum absolute atomic E-state index is 13.4. The fourth-order valence-electron chi connectivity index (χ4n) is 4.13. The second-order valence-electron chi connectivity index (χ2n) is 7.96. The molecule has 0 aliphatic carbocycles. The Hall–Kier alpha value is -3.43. The minimum Gasteiger partial charge on any atom is -0.493 e. The Morgan fingerprint density at radius 1 is 1.03 bits per heavy atom. The number of sulfonamides is 1. The first-order chi connectivity index (χ1) is 16.4. The van der Waals surface area contributed by atoms with Crippen LogP contribution in [0.2, 0.25) is 0 Å². The Kier molecular flexibility index (Phi) is 7.14. The zero-order valence-electron chi connectivity index (χ0n) is 19.1. The van der Waals surface area contributed by atoms with E-state index in [2.05, 4.69) is 10.3 Å². The van der Waals surface area contributed by atoms with E-state index in [0.717, 1.165) is 24.8 Å². The van der Waals surface area contributed by atoms with Gasteiger partial charge in [0.15, 0.2) is 11.5 Å². The molecule has 1 aliphatic rings. The van der Waals surface area contributed by atoms with E-state index in [0.29, 0.717) is 29.3 Å². The average Bonchev–Trinajstić information content (AvgIpc) is 2.89. The fraction of sp³-hybridized carbons (Fsp3) is 0.280. The van der Waals surface area contributed by atoms with E-state index < -0.39 is 10.0 Å². The summed E-state index contributed by atoms with van der Waals surface area (Å²) < 4.78 is 38.9. The molecule has 178 valence electrons. The number of nitrogens with zero attached hydrogens (tertiary/aromatic N) is 2. The van der Waals surface area contributed by atoms with Crippen molar-refractivity contribution in [2.75, 3.05) is 26.1 Å². The van der Waals surface area contributed by atoms with Crippen LogP contribution in [0.25, 0.3) is 0 Å². The van der Waals surface area contributed by atoms with Crippen molar-refractivity contribution >= 4 is 21.6 Å². The van der Waals surface area contributed by atoms with Gasteiger partial charge in [0.1, 0.15) is 0 Å². The van der Waals surface area contributed by atoms with Gasteiger partial charge in [0.2, 0.25) is 10.0 Å². The summed E-state index contributed by atoms with van der Waals surface area (Å²) >= 11 is 0. The van der Waals surface area contributed by atoms with Crippen molar-refractivity contribution in [3.05, 3.63) is 78.1 Å². The van der Waals surface area contributed by atoms with Gasteiger partial charge in [-0.15, -0.1) is 0 Å². The van der Waals surface area contributed by atoms with E-state index in [1.54, 1.807) is 47.0 Å².